The second kappa shape index (κ2) is 5.21. The van der Waals surface area contributed by atoms with Crippen LogP contribution in [0.4, 0.5) is 4.39 Å². The Bertz CT molecular complexity index is 375. The second-order valence-corrected chi connectivity index (χ2v) is 3.51. The van der Waals surface area contributed by atoms with Gasteiger partial charge in [-0.2, -0.15) is 0 Å². The molecule has 16 heavy (non-hydrogen) atoms. The van der Waals surface area contributed by atoms with E-state index in [1.807, 2.05) is 30.3 Å². The van der Waals surface area contributed by atoms with Gasteiger partial charge in [-0.15, -0.1) is 0 Å². The summed E-state index contributed by atoms with van der Waals surface area (Å²) in [7, 11) is 0. The molecule has 2 rings (SSSR count). The predicted molar refractivity (Wildman–Crippen MR) is 56.3 cm³/mol. The van der Waals surface area contributed by atoms with Gasteiger partial charge in [0.2, 0.25) is 0 Å². The summed E-state index contributed by atoms with van der Waals surface area (Å²) in [6.45, 7) is -0.320. The molecule has 0 amide bonds. The molecule has 4 heteroatoms. The minimum absolute atomic E-state index is 0.141. The van der Waals surface area contributed by atoms with Crippen LogP contribution < -0.4 is 0 Å². The van der Waals surface area contributed by atoms with Crippen LogP contribution in [0, 0.1) is 0 Å². The minimum Gasteiger partial charge on any atom is -0.389 e. The molecule has 0 aromatic heterocycles. The van der Waals surface area contributed by atoms with Crippen molar-refractivity contribution in [2.24, 2.45) is 0 Å². The quantitative estimate of drug-likeness (QED) is 0.834. The van der Waals surface area contributed by atoms with E-state index >= 15 is 0 Å². The Kier molecular flexibility index (Phi) is 3.66. The van der Waals surface area contributed by atoms with E-state index in [2.05, 4.69) is 0 Å². The predicted octanol–water partition coefficient (Wildman–Crippen LogP) is 1.95. The third kappa shape index (κ3) is 2.29. The summed E-state index contributed by atoms with van der Waals surface area (Å²) in [5.41, 5.74) is 1.23. The number of hydrogen-bond donors (Lipinski definition) is 1. The van der Waals surface area contributed by atoms with Crippen molar-refractivity contribution < 1.29 is 19.0 Å². The summed E-state index contributed by atoms with van der Waals surface area (Å²) < 4.78 is 23.8. The molecule has 1 aliphatic heterocycles. The van der Waals surface area contributed by atoms with Crippen LogP contribution in [0.25, 0.3) is 0 Å². The number of hydrogen-bond acceptors (Lipinski definition) is 3. The van der Waals surface area contributed by atoms with Crippen molar-refractivity contribution >= 4 is 0 Å². The standard InChI is InChI=1S/C12H13FO3/c13-11(6-14)10-7-15-8-16-12(10)9-4-2-1-3-5-9/h1-5,12,14H,6-8H2/b11-10+. The first-order valence-electron chi connectivity index (χ1n) is 5.05. The Morgan fingerprint density at radius 2 is 2.12 bits per heavy atom. The average molecular weight is 224 g/mol. The summed E-state index contributed by atoms with van der Waals surface area (Å²) in [6.07, 6.45) is -0.456. The van der Waals surface area contributed by atoms with Crippen molar-refractivity contribution in [1.82, 2.24) is 0 Å². The van der Waals surface area contributed by atoms with Crippen molar-refractivity contribution in [1.29, 1.82) is 0 Å². The number of rotatable bonds is 2. The summed E-state index contributed by atoms with van der Waals surface area (Å²) in [6, 6.07) is 9.33. The highest BCUT2D eigenvalue weighted by atomic mass is 19.1. The molecule has 0 saturated carbocycles. The Balaban J connectivity index is 2.31. The van der Waals surface area contributed by atoms with E-state index in [0.717, 1.165) is 5.56 Å². The van der Waals surface area contributed by atoms with E-state index in [9.17, 15) is 4.39 Å². The molecular weight excluding hydrogens is 211 g/mol. The first-order valence-corrected chi connectivity index (χ1v) is 5.05. The number of halogens is 1. The Morgan fingerprint density at radius 3 is 2.81 bits per heavy atom. The van der Waals surface area contributed by atoms with Crippen molar-refractivity contribution in [3.63, 3.8) is 0 Å². The molecular formula is C12H13FO3. The van der Waals surface area contributed by atoms with E-state index in [1.54, 1.807) is 0 Å². The molecule has 1 aromatic carbocycles. The van der Waals surface area contributed by atoms with E-state index in [1.165, 1.54) is 0 Å². The Morgan fingerprint density at radius 1 is 1.38 bits per heavy atom. The fourth-order valence-corrected chi connectivity index (χ4v) is 1.69. The first kappa shape index (κ1) is 11.3. The topological polar surface area (TPSA) is 38.7 Å². The molecule has 0 aliphatic carbocycles. The van der Waals surface area contributed by atoms with E-state index < -0.39 is 18.5 Å². The largest absolute Gasteiger partial charge is 0.389 e. The summed E-state index contributed by atoms with van der Waals surface area (Å²) in [5, 5.41) is 8.81. The molecule has 0 bridgehead atoms. The number of aliphatic hydroxyl groups excluding tert-OH is 1. The molecule has 1 N–H and O–H groups in total. The number of aliphatic hydroxyl groups is 1. The zero-order valence-corrected chi connectivity index (χ0v) is 8.73. The van der Waals surface area contributed by atoms with Crippen molar-refractivity contribution in [2.45, 2.75) is 6.10 Å². The fraction of sp³-hybridized carbons (Fsp3) is 0.333. The van der Waals surface area contributed by atoms with E-state index in [0.29, 0.717) is 5.57 Å². The lowest BCUT2D eigenvalue weighted by atomic mass is 10.0. The van der Waals surface area contributed by atoms with E-state index in [-0.39, 0.29) is 13.4 Å². The van der Waals surface area contributed by atoms with Crippen LogP contribution in [0.3, 0.4) is 0 Å². The van der Waals surface area contributed by atoms with Gasteiger partial charge in [0.15, 0.2) is 0 Å². The smallest absolute Gasteiger partial charge is 0.148 e. The molecule has 3 nitrogen and oxygen atoms in total. The maximum atomic E-state index is 13.4. The molecule has 1 fully saturated rings. The second-order valence-electron chi connectivity index (χ2n) is 3.51. The Labute approximate surface area is 93.1 Å². The highest BCUT2D eigenvalue weighted by Crippen LogP contribution is 2.31. The maximum absolute atomic E-state index is 13.4. The van der Waals surface area contributed by atoms with Gasteiger partial charge in [0.05, 0.1) is 13.2 Å². The van der Waals surface area contributed by atoms with Gasteiger partial charge in [-0.05, 0) is 5.56 Å². The molecule has 86 valence electrons. The third-order valence-corrected chi connectivity index (χ3v) is 2.48. The lowest BCUT2D eigenvalue weighted by molar-refractivity contribution is -0.111. The average Bonchev–Trinajstić information content (AvgIpc) is 2.39. The highest BCUT2D eigenvalue weighted by Gasteiger charge is 2.25. The van der Waals surface area contributed by atoms with Crippen molar-refractivity contribution in [3.8, 4) is 0 Å². The fourth-order valence-electron chi connectivity index (χ4n) is 1.69. The van der Waals surface area contributed by atoms with Crippen LogP contribution >= 0.6 is 0 Å². The van der Waals surface area contributed by atoms with Gasteiger partial charge < -0.3 is 14.6 Å². The third-order valence-electron chi connectivity index (χ3n) is 2.48. The summed E-state index contributed by atoms with van der Waals surface area (Å²) in [5.74, 6) is -0.575. The normalized spacial score (nSPS) is 24.2. The number of ether oxygens (including phenoxy) is 2. The van der Waals surface area contributed by atoms with E-state index in [4.69, 9.17) is 14.6 Å². The first-order chi connectivity index (χ1) is 7.83. The molecule has 0 radical (unpaired) electrons. The number of benzene rings is 1. The van der Waals surface area contributed by atoms with Crippen molar-refractivity contribution in [2.75, 3.05) is 20.0 Å². The van der Waals surface area contributed by atoms with Crippen LogP contribution in [0.2, 0.25) is 0 Å². The summed E-state index contributed by atoms with van der Waals surface area (Å²) in [4.78, 5) is 0. The SMILES string of the molecule is OC/C(F)=C1/COCOC1c1ccccc1. The van der Waals surface area contributed by atoms with Crippen LogP contribution in [-0.4, -0.2) is 25.1 Å². The minimum atomic E-state index is -0.620. The van der Waals surface area contributed by atoms with Gasteiger partial charge in [-0.1, -0.05) is 30.3 Å². The maximum Gasteiger partial charge on any atom is 0.148 e. The molecule has 1 saturated heterocycles. The Hall–Kier alpha value is -1.23. The van der Waals surface area contributed by atoms with Crippen LogP contribution in [0.5, 0.6) is 0 Å². The molecule has 1 aliphatic rings. The zero-order valence-electron chi connectivity index (χ0n) is 8.73. The monoisotopic (exact) mass is 224 g/mol. The van der Waals surface area contributed by atoms with Crippen LogP contribution in [-0.2, 0) is 9.47 Å². The van der Waals surface area contributed by atoms with Gasteiger partial charge in [-0.3, -0.25) is 0 Å². The zero-order chi connectivity index (χ0) is 11.4. The summed E-state index contributed by atoms with van der Waals surface area (Å²) >= 11 is 0. The molecule has 0 spiro atoms. The molecule has 1 atom stereocenters. The van der Waals surface area contributed by atoms with Gasteiger partial charge in [-0.25, -0.2) is 4.39 Å². The van der Waals surface area contributed by atoms with Gasteiger partial charge in [0.25, 0.3) is 0 Å². The molecule has 1 unspecified atom stereocenters. The van der Waals surface area contributed by atoms with Crippen LogP contribution in [0.15, 0.2) is 41.7 Å². The van der Waals surface area contributed by atoms with Gasteiger partial charge in [0, 0.05) is 5.57 Å². The molecule has 1 aromatic rings. The lowest BCUT2D eigenvalue weighted by Gasteiger charge is -2.26. The molecule has 1 heterocycles. The van der Waals surface area contributed by atoms with Gasteiger partial charge >= 0.3 is 0 Å². The van der Waals surface area contributed by atoms with Gasteiger partial charge in [0.1, 0.15) is 18.7 Å². The van der Waals surface area contributed by atoms with Crippen LogP contribution in [0.1, 0.15) is 11.7 Å². The highest BCUT2D eigenvalue weighted by molar-refractivity contribution is 5.29. The van der Waals surface area contributed by atoms with Crippen molar-refractivity contribution in [3.05, 3.63) is 47.3 Å². The lowest BCUT2D eigenvalue weighted by Crippen LogP contribution is -2.22.